The van der Waals surface area contributed by atoms with E-state index < -0.39 is 5.97 Å². The number of aromatic nitrogens is 1. The normalized spacial score (nSPS) is 11.3. The minimum atomic E-state index is -0.964. The van der Waals surface area contributed by atoms with E-state index in [2.05, 4.69) is 20.8 Å². The molecule has 0 unspecified atom stereocenters. The first kappa shape index (κ1) is 18.5. The predicted octanol–water partition coefficient (Wildman–Crippen LogP) is 3.95. The number of hydrogen-bond donors (Lipinski definition) is 3. The van der Waals surface area contributed by atoms with Crippen LogP contribution in [0.25, 0.3) is 10.9 Å². The van der Waals surface area contributed by atoms with E-state index in [1.807, 2.05) is 50.2 Å². The van der Waals surface area contributed by atoms with Gasteiger partial charge in [0.1, 0.15) is 0 Å². The fourth-order valence-corrected chi connectivity index (χ4v) is 2.70. The molecule has 3 aromatic rings. The van der Waals surface area contributed by atoms with E-state index in [1.54, 1.807) is 12.1 Å². The van der Waals surface area contributed by atoms with E-state index in [-0.39, 0.29) is 5.56 Å². The van der Waals surface area contributed by atoms with Gasteiger partial charge in [-0.1, -0.05) is 24.3 Å². The first-order valence-electron chi connectivity index (χ1n) is 8.25. The highest BCUT2D eigenvalue weighted by Crippen LogP contribution is 2.16. The van der Waals surface area contributed by atoms with Gasteiger partial charge < -0.3 is 10.4 Å². The average Bonchev–Trinajstić information content (AvgIpc) is 2.67. The molecule has 0 saturated heterocycles. The number of aromatic carboxylic acids is 1. The predicted molar refractivity (Wildman–Crippen MR) is 111 cm³/mol. The van der Waals surface area contributed by atoms with Gasteiger partial charge in [0.15, 0.2) is 5.11 Å². The lowest BCUT2D eigenvalue weighted by Gasteiger charge is -2.11. The summed E-state index contributed by atoms with van der Waals surface area (Å²) in [7, 11) is 0. The number of nitrogens with one attached hydrogen (secondary N) is 2. The number of carbonyl (C=O) groups is 1. The maximum absolute atomic E-state index is 11.0. The lowest BCUT2D eigenvalue weighted by molar-refractivity contribution is 0.0697. The number of carboxylic acid groups (broad SMARTS) is 1. The van der Waals surface area contributed by atoms with E-state index in [0.29, 0.717) is 16.5 Å². The van der Waals surface area contributed by atoms with Crippen molar-refractivity contribution in [2.45, 2.75) is 13.8 Å². The van der Waals surface area contributed by atoms with Crippen LogP contribution < -0.4 is 10.7 Å². The number of fused-ring (bicyclic) bond motifs is 1. The summed E-state index contributed by atoms with van der Waals surface area (Å²) in [5, 5.41) is 17.7. The highest BCUT2D eigenvalue weighted by molar-refractivity contribution is 7.80. The number of benzene rings is 2. The molecule has 7 heteroatoms. The molecular weight excluding hydrogens is 360 g/mol. The van der Waals surface area contributed by atoms with Crippen molar-refractivity contribution >= 4 is 45.6 Å². The summed E-state index contributed by atoms with van der Waals surface area (Å²) in [6, 6.07) is 16.6. The number of para-hydroxylation sites is 1. The molecule has 1 aromatic heterocycles. The number of anilines is 1. The van der Waals surface area contributed by atoms with Crippen LogP contribution in [0, 0.1) is 6.92 Å². The number of carboxylic acids is 1. The molecule has 0 radical (unpaired) electrons. The maximum atomic E-state index is 11.0. The van der Waals surface area contributed by atoms with Crippen LogP contribution in [0.1, 0.15) is 28.5 Å². The smallest absolute Gasteiger partial charge is 0.335 e. The van der Waals surface area contributed by atoms with Crippen molar-refractivity contribution in [2.75, 3.05) is 5.32 Å². The lowest BCUT2D eigenvalue weighted by atomic mass is 10.1. The van der Waals surface area contributed by atoms with Gasteiger partial charge in [-0.25, -0.2) is 9.78 Å². The molecule has 3 rings (SSSR count). The van der Waals surface area contributed by atoms with Crippen molar-refractivity contribution in [3.63, 3.8) is 0 Å². The number of pyridine rings is 1. The average molecular weight is 378 g/mol. The molecule has 27 heavy (non-hydrogen) atoms. The van der Waals surface area contributed by atoms with E-state index in [4.69, 9.17) is 17.3 Å². The molecule has 0 atom stereocenters. The Morgan fingerprint density at radius 1 is 1.15 bits per heavy atom. The molecule has 0 fully saturated rings. The molecule has 3 N–H and O–H groups in total. The number of hydrazone groups is 1. The second-order valence-corrected chi connectivity index (χ2v) is 6.40. The van der Waals surface area contributed by atoms with Gasteiger partial charge in [-0.05, 0) is 62.0 Å². The van der Waals surface area contributed by atoms with Crippen LogP contribution in [-0.2, 0) is 0 Å². The van der Waals surface area contributed by atoms with Crippen LogP contribution in [0.4, 0.5) is 5.69 Å². The van der Waals surface area contributed by atoms with Crippen molar-refractivity contribution in [3.05, 3.63) is 71.4 Å². The fraction of sp³-hybridized carbons (Fsp3) is 0.100. The Hall–Kier alpha value is -3.32. The standard InChI is InChI=1S/C20H18N4O2S/c1-12-11-15(19(25)26)8-9-16(12)22-20(27)24-23-13(2)17-10-7-14-5-3-4-6-18(14)21-17/h3-11H,1-2H3,(H,25,26)(H2,22,24,27)/b23-13+. The van der Waals surface area contributed by atoms with Crippen LogP contribution >= 0.6 is 12.2 Å². The van der Waals surface area contributed by atoms with Crippen LogP contribution in [0.3, 0.4) is 0 Å². The molecule has 1 heterocycles. The fourth-order valence-electron chi connectivity index (χ4n) is 2.55. The van der Waals surface area contributed by atoms with Crippen molar-refractivity contribution < 1.29 is 9.90 Å². The van der Waals surface area contributed by atoms with Gasteiger partial charge in [-0.3, -0.25) is 5.43 Å². The Labute approximate surface area is 161 Å². The molecule has 0 saturated carbocycles. The monoisotopic (exact) mass is 378 g/mol. The summed E-state index contributed by atoms with van der Waals surface area (Å²) in [6.45, 7) is 3.66. The molecule has 0 aliphatic carbocycles. The zero-order valence-corrected chi connectivity index (χ0v) is 15.7. The van der Waals surface area contributed by atoms with Crippen LogP contribution in [0.5, 0.6) is 0 Å². The number of aryl methyl sites for hydroxylation is 1. The molecule has 0 bridgehead atoms. The summed E-state index contributed by atoms with van der Waals surface area (Å²) in [5.74, 6) is -0.964. The van der Waals surface area contributed by atoms with Gasteiger partial charge in [0.2, 0.25) is 0 Å². The molecule has 2 aromatic carbocycles. The minimum Gasteiger partial charge on any atom is -0.478 e. The SMILES string of the molecule is C/C(=N\NC(=S)Nc1ccc(C(=O)O)cc1C)c1ccc2ccccc2n1. The molecule has 6 nitrogen and oxygen atoms in total. The number of thiocarbonyl (C=S) groups is 1. The van der Waals surface area contributed by atoms with Crippen molar-refractivity contribution in [3.8, 4) is 0 Å². The van der Waals surface area contributed by atoms with E-state index in [0.717, 1.165) is 22.2 Å². The Balaban J connectivity index is 1.69. The van der Waals surface area contributed by atoms with Crippen LogP contribution in [0.15, 0.2) is 59.7 Å². The largest absolute Gasteiger partial charge is 0.478 e. The summed E-state index contributed by atoms with van der Waals surface area (Å²) in [4.78, 5) is 15.6. The van der Waals surface area contributed by atoms with Gasteiger partial charge >= 0.3 is 5.97 Å². The summed E-state index contributed by atoms with van der Waals surface area (Å²) in [6.07, 6.45) is 0. The Bertz CT molecular complexity index is 1060. The summed E-state index contributed by atoms with van der Waals surface area (Å²) < 4.78 is 0. The third-order valence-corrected chi connectivity index (χ3v) is 4.21. The Morgan fingerprint density at radius 3 is 2.67 bits per heavy atom. The topological polar surface area (TPSA) is 86.6 Å². The van der Waals surface area contributed by atoms with Crippen molar-refractivity contribution in [1.29, 1.82) is 0 Å². The van der Waals surface area contributed by atoms with Crippen LogP contribution in [0.2, 0.25) is 0 Å². The van der Waals surface area contributed by atoms with Gasteiger partial charge in [0.25, 0.3) is 0 Å². The number of nitrogens with zero attached hydrogens (tertiary/aromatic N) is 2. The third-order valence-electron chi connectivity index (χ3n) is 4.02. The van der Waals surface area contributed by atoms with Gasteiger partial charge in [-0.2, -0.15) is 5.10 Å². The second kappa shape index (κ2) is 7.92. The van der Waals surface area contributed by atoms with Gasteiger partial charge in [0.05, 0.1) is 22.5 Å². The number of hydrogen-bond acceptors (Lipinski definition) is 4. The second-order valence-electron chi connectivity index (χ2n) is 5.99. The summed E-state index contributed by atoms with van der Waals surface area (Å²) >= 11 is 5.26. The zero-order valence-electron chi connectivity index (χ0n) is 14.9. The highest BCUT2D eigenvalue weighted by Gasteiger charge is 2.07. The molecule has 0 amide bonds. The Kier molecular flexibility index (Phi) is 5.42. The molecule has 0 aliphatic rings. The van der Waals surface area contributed by atoms with E-state index >= 15 is 0 Å². The molecular formula is C20H18N4O2S. The van der Waals surface area contributed by atoms with E-state index in [1.165, 1.54) is 6.07 Å². The first-order chi connectivity index (χ1) is 12.9. The number of rotatable bonds is 4. The zero-order chi connectivity index (χ0) is 19.4. The summed E-state index contributed by atoms with van der Waals surface area (Å²) in [5.41, 5.74) is 6.87. The minimum absolute atomic E-state index is 0.230. The lowest BCUT2D eigenvalue weighted by Crippen LogP contribution is -2.25. The first-order valence-corrected chi connectivity index (χ1v) is 8.66. The molecule has 0 aliphatic heterocycles. The molecule has 0 spiro atoms. The Morgan fingerprint density at radius 2 is 1.93 bits per heavy atom. The maximum Gasteiger partial charge on any atom is 0.335 e. The van der Waals surface area contributed by atoms with Gasteiger partial charge in [-0.15, -0.1) is 0 Å². The van der Waals surface area contributed by atoms with Crippen LogP contribution in [-0.4, -0.2) is 26.9 Å². The van der Waals surface area contributed by atoms with E-state index in [9.17, 15) is 4.79 Å². The quantitative estimate of drug-likeness (QED) is 0.362. The van der Waals surface area contributed by atoms with Crippen molar-refractivity contribution in [2.24, 2.45) is 5.10 Å². The molecule has 136 valence electrons. The third kappa shape index (κ3) is 4.45. The highest BCUT2D eigenvalue weighted by atomic mass is 32.1. The van der Waals surface area contributed by atoms with Crippen molar-refractivity contribution in [1.82, 2.24) is 10.4 Å². The van der Waals surface area contributed by atoms with Gasteiger partial charge in [0, 0.05) is 11.1 Å².